The highest BCUT2D eigenvalue weighted by Gasteiger charge is 2.56. The van der Waals surface area contributed by atoms with Crippen LogP contribution in [0.25, 0.3) is 0 Å². The molecule has 21 heavy (non-hydrogen) atoms. The monoisotopic (exact) mass is 287 g/mol. The van der Waals surface area contributed by atoms with E-state index in [9.17, 15) is 0 Å². The van der Waals surface area contributed by atoms with Crippen molar-refractivity contribution in [2.75, 3.05) is 0 Å². The van der Waals surface area contributed by atoms with E-state index in [1.807, 2.05) is 0 Å². The van der Waals surface area contributed by atoms with Gasteiger partial charge in [-0.05, 0) is 93.3 Å². The van der Waals surface area contributed by atoms with Gasteiger partial charge in [-0.2, -0.15) is 0 Å². The number of hydrogen-bond donors (Lipinski definition) is 1. The Balaban J connectivity index is 1.35. The van der Waals surface area contributed by atoms with Crippen molar-refractivity contribution in [1.82, 2.24) is 0 Å². The maximum absolute atomic E-state index is 6.42. The maximum Gasteiger partial charge on any atom is 0.0128 e. The van der Waals surface area contributed by atoms with E-state index in [1.54, 1.807) is 5.57 Å². The van der Waals surface area contributed by atoms with Crippen LogP contribution < -0.4 is 5.73 Å². The van der Waals surface area contributed by atoms with Crippen molar-refractivity contribution in [3.8, 4) is 0 Å². The third-order valence-electron chi connectivity index (χ3n) is 7.75. The van der Waals surface area contributed by atoms with Crippen LogP contribution in [0.15, 0.2) is 11.6 Å². The molecule has 4 saturated carbocycles. The van der Waals surface area contributed by atoms with Gasteiger partial charge in [-0.15, -0.1) is 0 Å². The molecular weight excluding hydrogens is 254 g/mol. The fourth-order valence-electron chi connectivity index (χ4n) is 6.62. The molecule has 0 radical (unpaired) electrons. The van der Waals surface area contributed by atoms with E-state index in [4.69, 9.17) is 5.73 Å². The minimum Gasteiger partial charge on any atom is -0.325 e. The first kappa shape index (κ1) is 14.3. The molecule has 4 fully saturated rings. The van der Waals surface area contributed by atoms with Gasteiger partial charge in [-0.3, -0.25) is 0 Å². The van der Waals surface area contributed by atoms with E-state index in [0.717, 1.165) is 35.5 Å². The minimum atomic E-state index is 0.0432. The molecule has 6 unspecified atom stereocenters. The van der Waals surface area contributed by atoms with Crippen molar-refractivity contribution in [3.63, 3.8) is 0 Å². The Morgan fingerprint density at radius 1 is 1.19 bits per heavy atom. The van der Waals surface area contributed by atoms with Crippen LogP contribution in [0.3, 0.4) is 0 Å². The zero-order valence-electron chi connectivity index (χ0n) is 14.4. The number of nitrogens with two attached hydrogens (primary N) is 1. The smallest absolute Gasteiger partial charge is 0.0128 e. The van der Waals surface area contributed by atoms with Crippen molar-refractivity contribution < 1.29 is 0 Å². The van der Waals surface area contributed by atoms with Gasteiger partial charge < -0.3 is 5.73 Å². The zero-order chi connectivity index (χ0) is 15.0. The molecule has 0 aliphatic heterocycles. The first-order valence-corrected chi connectivity index (χ1v) is 9.27. The molecule has 0 saturated heterocycles. The van der Waals surface area contributed by atoms with Crippen LogP contribution in [0.5, 0.6) is 0 Å². The molecule has 0 spiro atoms. The third-order valence-corrected chi connectivity index (χ3v) is 7.75. The lowest BCUT2D eigenvalue weighted by molar-refractivity contribution is 0.0803. The normalized spacial score (nSPS) is 44.3. The second-order valence-corrected chi connectivity index (χ2v) is 9.94. The highest BCUT2D eigenvalue weighted by atomic mass is 14.8. The maximum atomic E-state index is 6.42. The molecule has 6 rings (SSSR count). The molecule has 0 aromatic carbocycles. The number of rotatable bonds is 5. The molecule has 2 N–H and O–H groups in total. The average Bonchev–Trinajstić information content (AvgIpc) is 3.06. The molecule has 118 valence electrons. The van der Waals surface area contributed by atoms with Crippen molar-refractivity contribution >= 4 is 0 Å². The van der Waals surface area contributed by atoms with Crippen molar-refractivity contribution in [3.05, 3.63) is 11.6 Å². The minimum absolute atomic E-state index is 0.0432. The van der Waals surface area contributed by atoms with Gasteiger partial charge in [0, 0.05) is 5.54 Å². The summed E-state index contributed by atoms with van der Waals surface area (Å²) in [6, 6.07) is 0. The summed E-state index contributed by atoms with van der Waals surface area (Å²) in [7, 11) is 0. The highest BCUT2D eigenvalue weighted by molar-refractivity contribution is 5.30. The Bertz CT molecular complexity index is 467. The predicted octanol–water partition coefficient (Wildman–Crippen LogP) is 4.77. The van der Waals surface area contributed by atoms with Crippen LogP contribution in [-0.4, -0.2) is 5.54 Å². The highest BCUT2D eigenvalue weighted by Crippen LogP contribution is 2.63. The van der Waals surface area contributed by atoms with Gasteiger partial charge in [0.15, 0.2) is 0 Å². The lowest BCUT2D eigenvalue weighted by atomic mass is 9.60. The van der Waals surface area contributed by atoms with Crippen LogP contribution >= 0.6 is 0 Å². The summed E-state index contributed by atoms with van der Waals surface area (Å²) >= 11 is 0. The fraction of sp³-hybridized carbons (Fsp3) is 0.900. The third kappa shape index (κ3) is 2.06. The number of fused-ring (bicyclic) bond motifs is 2. The van der Waals surface area contributed by atoms with Gasteiger partial charge in [0.1, 0.15) is 0 Å². The fourth-order valence-corrected chi connectivity index (χ4v) is 6.62. The van der Waals surface area contributed by atoms with Crippen molar-refractivity contribution in [2.45, 2.75) is 71.8 Å². The number of hydrogen-bond acceptors (Lipinski definition) is 1. The standard InChI is InChI=1S/C20H33N/c1-19(2,18-12-5-6-13(18)9-12)8-7-15-14-10-16(15)17(11-14)20(3,4)21/h9,12,14-18H,5-8,10-11,21H2,1-4H3. The lowest BCUT2D eigenvalue weighted by Gasteiger charge is -2.45. The summed E-state index contributed by atoms with van der Waals surface area (Å²) in [5.41, 5.74) is 8.79. The molecule has 0 aromatic heterocycles. The Hall–Kier alpha value is -0.300. The van der Waals surface area contributed by atoms with Gasteiger partial charge in [0.05, 0.1) is 0 Å². The predicted molar refractivity (Wildman–Crippen MR) is 88.8 cm³/mol. The first-order valence-electron chi connectivity index (χ1n) is 9.27. The summed E-state index contributed by atoms with van der Waals surface area (Å²) in [6.07, 6.45) is 11.2. The molecule has 4 bridgehead atoms. The van der Waals surface area contributed by atoms with Gasteiger partial charge in [0.2, 0.25) is 0 Å². The molecule has 6 aliphatic rings. The van der Waals surface area contributed by atoms with E-state index in [0.29, 0.717) is 5.41 Å². The van der Waals surface area contributed by atoms with E-state index in [1.165, 1.54) is 38.5 Å². The topological polar surface area (TPSA) is 26.0 Å². The average molecular weight is 287 g/mol. The SMILES string of the molecule is CC(C)(N)C1CC2CC1C2CCC(C)(C)C1C2=CC1CC2. The Morgan fingerprint density at radius 3 is 2.48 bits per heavy atom. The molecule has 6 atom stereocenters. The Labute approximate surface area is 130 Å². The molecular formula is C20H33N. The van der Waals surface area contributed by atoms with Crippen molar-refractivity contribution in [1.29, 1.82) is 0 Å². The van der Waals surface area contributed by atoms with E-state index < -0.39 is 0 Å². The Kier molecular flexibility index (Phi) is 2.98. The summed E-state index contributed by atoms with van der Waals surface area (Å²) in [5, 5.41) is 0. The Morgan fingerprint density at radius 2 is 1.95 bits per heavy atom. The van der Waals surface area contributed by atoms with E-state index >= 15 is 0 Å². The van der Waals surface area contributed by atoms with Gasteiger partial charge >= 0.3 is 0 Å². The largest absolute Gasteiger partial charge is 0.325 e. The van der Waals surface area contributed by atoms with Crippen LogP contribution in [-0.2, 0) is 0 Å². The van der Waals surface area contributed by atoms with E-state index in [2.05, 4.69) is 33.8 Å². The second-order valence-electron chi connectivity index (χ2n) is 9.94. The van der Waals surface area contributed by atoms with Crippen LogP contribution in [0, 0.1) is 40.9 Å². The summed E-state index contributed by atoms with van der Waals surface area (Å²) in [4.78, 5) is 0. The first-order chi connectivity index (χ1) is 9.77. The van der Waals surface area contributed by atoms with Gasteiger partial charge in [-0.25, -0.2) is 0 Å². The summed E-state index contributed by atoms with van der Waals surface area (Å²) in [6.45, 7) is 9.57. The second kappa shape index (κ2) is 4.37. The van der Waals surface area contributed by atoms with Crippen molar-refractivity contribution in [2.24, 2.45) is 46.7 Å². The quantitative estimate of drug-likeness (QED) is 0.724. The van der Waals surface area contributed by atoms with Gasteiger partial charge in [0.25, 0.3) is 0 Å². The molecule has 6 aliphatic carbocycles. The number of allylic oxidation sites excluding steroid dienone is 2. The van der Waals surface area contributed by atoms with Gasteiger partial charge in [-0.1, -0.05) is 25.5 Å². The summed E-state index contributed by atoms with van der Waals surface area (Å²) < 4.78 is 0. The lowest BCUT2D eigenvalue weighted by Crippen LogP contribution is -2.44. The molecule has 0 amide bonds. The molecule has 0 aromatic rings. The molecule has 0 heterocycles. The van der Waals surface area contributed by atoms with Crippen LogP contribution in [0.4, 0.5) is 0 Å². The van der Waals surface area contributed by atoms with E-state index in [-0.39, 0.29) is 5.54 Å². The summed E-state index contributed by atoms with van der Waals surface area (Å²) in [5.74, 6) is 5.61. The van der Waals surface area contributed by atoms with Crippen LogP contribution in [0.2, 0.25) is 0 Å². The molecule has 1 nitrogen and oxygen atoms in total. The van der Waals surface area contributed by atoms with Crippen LogP contribution in [0.1, 0.15) is 66.2 Å². The zero-order valence-corrected chi connectivity index (χ0v) is 14.4. The molecule has 1 heteroatoms.